The zero-order valence-corrected chi connectivity index (χ0v) is 23.1. The molecule has 3 atom stereocenters. The molecule has 37 heavy (non-hydrogen) atoms. The van der Waals surface area contributed by atoms with Crippen LogP contribution in [0.1, 0.15) is 51.2 Å². The van der Waals surface area contributed by atoms with Gasteiger partial charge in [0.05, 0.1) is 12.5 Å². The lowest BCUT2D eigenvalue weighted by atomic mass is 9.68. The number of phenols is 1. The average Bonchev–Trinajstić information content (AvgIpc) is 2.84. The van der Waals surface area contributed by atoms with Crippen molar-refractivity contribution >= 4 is 24.3 Å². The predicted octanol–water partition coefficient (Wildman–Crippen LogP) is 3.91. The lowest BCUT2D eigenvalue weighted by molar-refractivity contribution is -0.143. The van der Waals surface area contributed by atoms with E-state index in [1.807, 2.05) is 30.3 Å². The SMILES string of the molecule is CCOC(=O)CCCNC(=O)C(Cc1ccccc1)CN1CCC(C)(c2cccc(O)c2)C(C)C1.Cl.O. The molecule has 3 unspecified atom stereocenters. The minimum absolute atomic E-state index is 0. The van der Waals surface area contributed by atoms with Gasteiger partial charge in [0, 0.05) is 26.1 Å². The number of rotatable bonds is 11. The van der Waals surface area contributed by atoms with E-state index in [9.17, 15) is 14.7 Å². The number of carbonyl (C=O) groups excluding carboxylic acids is 2. The Balaban J connectivity index is 0.00000342. The van der Waals surface area contributed by atoms with Crippen LogP contribution in [-0.2, 0) is 26.2 Å². The second-order valence-corrected chi connectivity index (χ2v) is 9.96. The number of hydrogen-bond acceptors (Lipinski definition) is 5. The highest BCUT2D eigenvalue weighted by atomic mass is 35.5. The number of nitrogens with one attached hydrogen (secondary N) is 1. The van der Waals surface area contributed by atoms with E-state index in [0.29, 0.717) is 50.6 Å². The first kappa shape index (κ1) is 32.4. The number of nitrogens with zero attached hydrogens (tertiary/aromatic N) is 1. The molecule has 0 bridgehead atoms. The molecule has 0 saturated carbocycles. The Kier molecular flexibility index (Phi) is 13.7. The van der Waals surface area contributed by atoms with Gasteiger partial charge in [0.15, 0.2) is 0 Å². The van der Waals surface area contributed by atoms with E-state index in [2.05, 4.69) is 42.3 Å². The Morgan fingerprint density at radius 1 is 1.19 bits per heavy atom. The fourth-order valence-electron chi connectivity index (χ4n) is 5.04. The van der Waals surface area contributed by atoms with Crippen LogP contribution in [0.15, 0.2) is 54.6 Å². The number of aromatic hydroxyl groups is 1. The van der Waals surface area contributed by atoms with Gasteiger partial charge in [-0.1, -0.05) is 56.3 Å². The zero-order valence-electron chi connectivity index (χ0n) is 22.2. The van der Waals surface area contributed by atoms with Crippen LogP contribution in [0, 0.1) is 11.8 Å². The summed E-state index contributed by atoms with van der Waals surface area (Å²) in [7, 11) is 0. The van der Waals surface area contributed by atoms with Gasteiger partial charge < -0.3 is 25.5 Å². The second-order valence-electron chi connectivity index (χ2n) is 9.96. The molecule has 1 fully saturated rings. The van der Waals surface area contributed by atoms with E-state index in [4.69, 9.17) is 4.74 Å². The summed E-state index contributed by atoms with van der Waals surface area (Å²) < 4.78 is 4.97. The third kappa shape index (κ3) is 9.33. The molecule has 0 radical (unpaired) electrons. The number of halogens is 1. The number of piperidine rings is 1. The van der Waals surface area contributed by atoms with E-state index in [1.165, 1.54) is 5.56 Å². The molecule has 2 aromatic rings. The van der Waals surface area contributed by atoms with E-state index in [1.54, 1.807) is 13.0 Å². The van der Waals surface area contributed by atoms with Crippen LogP contribution < -0.4 is 5.32 Å². The van der Waals surface area contributed by atoms with Crippen LogP contribution in [-0.4, -0.2) is 60.1 Å². The summed E-state index contributed by atoms with van der Waals surface area (Å²) in [6.45, 7) is 9.67. The molecule has 1 aliphatic heterocycles. The number of benzene rings is 2. The number of ether oxygens (including phenoxy) is 1. The number of esters is 1. The molecular formula is C29H43ClN2O5. The average molecular weight is 535 g/mol. The van der Waals surface area contributed by atoms with Crippen LogP contribution in [0.25, 0.3) is 0 Å². The maximum Gasteiger partial charge on any atom is 0.305 e. The number of likely N-dealkylation sites (tertiary alicyclic amines) is 1. The van der Waals surface area contributed by atoms with Gasteiger partial charge in [0.2, 0.25) is 5.91 Å². The topological polar surface area (TPSA) is 110 Å². The van der Waals surface area contributed by atoms with Crippen LogP contribution in [0.4, 0.5) is 0 Å². The van der Waals surface area contributed by atoms with Crippen molar-refractivity contribution in [2.45, 2.75) is 51.9 Å². The van der Waals surface area contributed by atoms with Crippen molar-refractivity contribution in [2.24, 2.45) is 11.8 Å². The van der Waals surface area contributed by atoms with E-state index in [-0.39, 0.29) is 41.1 Å². The molecular weight excluding hydrogens is 492 g/mol. The molecule has 2 aromatic carbocycles. The smallest absolute Gasteiger partial charge is 0.305 e. The van der Waals surface area contributed by atoms with Gasteiger partial charge in [0.25, 0.3) is 0 Å². The first-order valence-corrected chi connectivity index (χ1v) is 12.8. The number of hydrogen-bond donors (Lipinski definition) is 2. The molecule has 8 heteroatoms. The monoisotopic (exact) mass is 534 g/mol. The van der Waals surface area contributed by atoms with Gasteiger partial charge in [0.1, 0.15) is 5.75 Å². The highest BCUT2D eigenvalue weighted by Crippen LogP contribution is 2.40. The van der Waals surface area contributed by atoms with Crippen molar-refractivity contribution in [3.05, 3.63) is 65.7 Å². The van der Waals surface area contributed by atoms with Gasteiger partial charge in [-0.15, -0.1) is 12.4 Å². The lowest BCUT2D eigenvalue weighted by Crippen LogP contribution is -2.50. The van der Waals surface area contributed by atoms with Crippen LogP contribution in [0.3, 0.4) is 0 Å². The quantitative estimate of drug-likeness (QED) is 0.335. The van der Waals surface area contributed by atoms with Gasteiger partial charge in [-0.3, -0.25) is 9.59 Å². The molecule has 1 aliphatic rings. The van der Waals surface area contributed by atoms with Crippen molar-refractivity contribution < 1.29 is 24.9 Å². The fraction of sp³-hybridized carbons (Fsp3) is 0.517. The molecule has 1 saturated heterocycles. The Morgan fingerprint density at radius 2 is 1.92 bits per heavy atom. The highest BCUT2D eigenvalue weighted by molar-refractivity contribution is 5.85. The largest absolute Gasteiger partial charge is 0.508 e. The molecule has 4 N–H and O–H groups in total. The Morgan fingerprint density at radius 3 is 2.57 bits per heavy atom. The Hall–Kier alpha value is -2.61. The van der Waals surface area contributed by atoms with Crippen LogP contribution in [0.2, 0.25) is 0 Å². The maximum absolute atomic E-state index is 13.2. The third-order valence-corrected chi connectivity index (χ3v) is 7.41. The summed E-state index contributed by atoms with van der Waals surface area (Å²) in [5.41, 5.74) is 2.30. The number of phenolic OH excluding ortho intramolecular Hbond substituents is 1. The molecule has 0 aromatic heterocycles. The predicted molar refractivity (Wildman–Crippen MR) is 149 cm³/mol. The summed E-state index contributed by atoms with van der Waals surface area (Å²) in [6.07, 6.45) is 2.54. The van der Waals surface area contributed by atoms with Gasteiger partial charge in [-0.05, 0) is 67.3 Å². The van der Waals surface area contributed by atoms with Crippen molar-refractivity contribution in [1.29, 1.82) is 0 Å². The minimum atomic E-state index is -0.223. The molecule has 7 nitrogen and oxygen atoms in total. The van der Waals surface area contributed by atoms with Crippen molar-refractivity contribution in [2.75, 3.05) is 32.8 Å². The molecule has 0 spiro atoms. The molecule has 0 aliphatic carbocycles. The highest BCUT2D eigenvalue weighted by Gasteiger charge is 2.39. The zero-order chi connectivity index (χ0) is 25.3. The molecule has 1 heterocycles. The Bertz CT molecular complexity index is 974. The standard InChI is InChI=1S/C29H40N2O4.ClH.H2O/c1-4-35-27(33)14-9-16-30-28(34)24(18-23-10-6-5-7-11-23)21-31-17-15-29(3,22(2)20-31)25-12-8-13-26(32)19-25;;/h5-8,10-13,19,22,24,32H,4,9,14-18,20-21H2,1-3H3,(H,30,34);1H;1H2. The second kappa shape index (κ2) is 15.6. The number of amides is 1. The summed E-state index contributed by atoms with van der Waals surface area (Å²) in [6, 6.07) is 17.8. The maximum atomic E-state index is 13.2. The Labute approximate surface area is 227 Å². The molecule has 1 amide bonds. The van der Waals surface area contributed by atoms with Gasteiger partial charge in [-0.25, -0.2) is 0 Å². The molecule has 206 valence electrons. The van der Waals surface area contributed by atoms with E-state index < -0.39 is 0 Å². The van der Waals surface area contributed by atoms with Gasteiger partial charge >= 0.3 is 5.97 Å². The number of carbonyl (C=O) groups is 2. The first-order valence-electron chi connectivity index (χ1n) is 12.8. The van der Waals surface area contributed by atoms with Crippen LogP contribution in [0.5, 0.6) is 5.75 Å². The minimum Gasteiger partial charge on any atom is -0.508 e. The van der Waals surface area contributed by atoms with E-state index >= 15 is 0 Å². The summed E-state index contributed by atoms with van der Waals surface area (Å²) in [5.74, 6) is 0.327. The first-order chi connectivity index (χ1) is 16.8. The van der Waals surface area contributed by atoms with Crippen LogP contribution >= 0.6 is 12.4 Å². The fourth-order valence-corrected chi connectivity index (χ4v) is 5.04. The van der Waals surface area contributed by atoms with Gasteiger partial charge in [-0.2, -0.15) is 0 Å². The summed E-state index contributed by atoms with van der Waals surface area (Å²) >= 11 is 0. The van der Waals surface area contributed by atoms with E-state index in [0.717, 1.165) is 25.1 Å². The third-order valence-electron chi connectivity index (χ3n) is 7.41. The lowest BCUT2D eigenvalue weighted by Gasteiger charge is -2.45. The van der Waals surface area contributed by atoms with Crippen molar-refractivity contribution in [1.82, 2.24) is 10.2 Å². The normalized spacial score (nSPS) is 20.1. The summed E-state index contributed by atoms with van der Waals surface area (Å²) in [5, 5.41) is 13.0. The summed E-state index contributed by atoms with van der Waals surface area (Å²) in [4.78, 5) is 27.2. The van der Waals surface area contributed by atoms with Crippen molar-refractivity contribution in [3.8, 4) is 5.75 Å². The van der Waals surface area contributed by atoms with Crippen molar-refractivity contribution in [3.63, 3.8) is 0 Å². The molecule has 3 rings (SSSR count).